The first kappa shape index (κ1) is 15.5. The standard InChI is InChI=1S/C13H11Cl2NO5/c1-6-3-10(20-12(6)17)21-13(18)16-7-4-8(14)11(19-2)9(15)5-7/h3-5,10H,1-2H3,(H,16,18). The summed E-state index contributed by atoms with van der Waals surface area (Å²) in [6.07, 6.45) is -0.451. The molecule has 0 fully saturated rings. The predicted molar refractivity (Wildman–Crippen MR) is 76.8 cm³/mol. The van der Waals surface area contributed by atoms with E-state index in [1.165, 1.54) is 25.3 Å². The van der Waals surface area contributed by atoms with Gasteiger partial charge in [-0.1, -0.05) is 23.2 Å². The molecule has 21 heavy (non-hydrogen) atoms. The summed E-state index contributed by atoms with van der Waals surface area (Å²) in [7, 11) is 1.43. The first-order valence-corrected chi connectivity index (χ1v) is 6.56. The monoisotopic (exact) mass is 331 g/mol. The van der Waals surface area contributed by atoms with E-state index >= 15 is 0 Å². The van der Waals surface area contributed by atoms with Crippen molar-refractivity contribution in [3.8, 4) is 5.75 Å². The minimum atomic E-state index is -1.04. The van der Waals surface area contributed by atoms with Crippen molar-refractivity contribution in [1.82, 2.24) is 0 Å². The molecular weight excluding hydrogens is 321 g/mol. The maximum Gasteiger partial charge on any atom is 0.414 e. The third-order valence-electron chi connectivity index (χ3n) is 2.60. The van der Waals surface area contributed by atoms with Crippen molar-refractivity contribution in [3.05, 3.63) is 33.8 Å². The lowest BCUT2D eigenvalue weighted by molar-refractivity contribution is -0.150. The summed E-state index contributed by atoms with van der Waals surface area (Å²) in [5.41, 5.74) is 0.698. The molecule has 1 aliphatic heterocycles. The fourth-order valence-electron chi connectivity index (χ4n) is 1.64. The minimum absolute atomic E-state index is 0.239. The Morgan fingerprint density at radius 1 is 1.33 bits per heavy atom. The Morgan fingerprint density at radius 2 is 1.95 bits per heavy atom. The Kier molecular flexibility index (Phi) is 4.59. The van der Waals surface area contributed by atoms with Crippen LogP contribution in [0.25, 0.3) is 0 Å². The lowest BCUT2D eigenvalue weighted by Gasteiger charge is -2.12. The van der Waals surface area contributed by atoms with E-state index in [1.807, 2.05) is 0 Å². The molecule has 1 aliphatic rings. The van der Waals surface area contributed by atoms with E-state index in [1.54, 1.807) is 6.92 Å². The van der Waals surface area contributed by atoms with Crippen molar-refractivity contribution in [2.24, 2.45) is 0 Å². The molecular formula is C13H11Cl2NO5. The Bertz CT molecular complexity index is 606. The van der Waals surface area contributed by atoms with Crippen LogP contribution in [0.4, 0.5) is 10.5 Å². The van der Waals surface area contributed by atoms with Crippen LogP contribution >= 0.6 is 23.2 Å². The van der Waals surface area contributed by atoms with E-state index in [4.69, 9.17) is 37.4 Å². The van der Waals surface area contributed by atoms with Gasteiger partial charge >= 0.3 is 12.1 Å². The summed E-state index contributed by atoms with van der Waals surface area (Å²) in [5, 5.41) is 2.90. The molecule has 2 rings (SSSR count). The number of benzene rings is 1. The molecule has 1 atom stereocenters. The van der Waals surface area contributed by atoms with Crippen LogP contribution in [0.15, 0.2) is 23.8 Å². The highest BCUT2D eigenvalue weighted by molar-refractivity contribution is 6.37. The fraction of sp³-hybridized carbons (Fsp3) is 0.231. The molecule has 1 aromatic rings. The van der Waals surface area contributed by atoms with Gasteiger partial charge in [0.2, 0.25) is 0 Å². The molecule has 8 heteroatoms. The van der Waals surface area contributed by atoms with Crippen molar-refractivity contribution in [2.75, 3.05) is 12.4 Å². The molecule has 1 aromatic carbocycles. The van der Waals surface area contributed by atoms with Gasteiger partial charge in [0.25, 0.3) is 6.29 Å². The summed E-state index contributed by atoms with van der Waals surface area (Å²) < 4.78 is 14.7. The number of carbonyl (C=O) groups excluding carboxylic acids is 2. The molecule has 1 heterocycles. The second-order valence-corrected chi connectivity index (χ2v) is 4.94. The summed E-state index contributed by atoms with van der Waals surface area (Å²) >= 11 is 11.9. The number of rotatable bonds is 3. The fourth-order valence-corrected chi connectivity index (χ4v) is 2.28. The van der Waals surface area contributed by atoms with Crippen molar-refractivity contribution in [1.29, 1.82) is 0 Å². The van der Waals surface area contributed by atoms with Crippen LogP contribution < -0.4 is 10.1 Å². The highest BCUT2D eigenvalue weighted by Gasteiger charge is 2.25. The van der Waals surface area contributed by atoms with Crippen LogP contribution in [0.3, 0.4) is 0 Å². The van der Waals surface area contributed by atoms with Crippen LogP contribution in [0, 0.1) is 0 Å². The molecule has 0 bridgehead atoms. The van der Waals surface area contributed by atoms with Crippen molar-refractivity contribution in [2.45, 2.75) is 13.2 Å². The van der Waals surface area contributed by atoms with Crippen molar-refractivity contribution < 1.29 is 23.8 Å². The molecule has 0 aromatic heterocycles. The smallest absolute Gasteiger partial charge is 0.414 e. The average Bonchev–Trinajstić information content (AvgIpc) is 2.67. The zero-order valence-corrected chi connectivity index (χ0v) is 12.6. The quantitative estimate of drug-likeness (QED) is 0.859. The van der Waals surface area contributed by atoms with E-state index < -0.39 is 18.4 Å². The van der Waals surface area contributed by atoms with Crippen LogP contribution in [0.5, 0.6) is 5.75 Å². The number of esters is 1. The third kappa shape index (κ3) is 3.59. The highest BCUT2D eigenvalue weighted by atomic mass is 35.5. The van der Waals surface area contributed by atoms with Crippen LogP contribution in [-0.4, -0.2) is 25.5 Å². The molecule has 1 unspecified atom stereocenters. The Balaban J connectivity index is 2.02. The summed E-state index contributed by atoms with van der Waals surface area (Å²) in [5.74, 6) is -0.219. The molecule has 0 aliphatic carbocycles. The minimum Gasteiger partial charge on any atom is -0.494 e. The Labute approximate surface area is 130 Å². The number of nitrogens with one attached hydrogen (secondary N) is 1. The topological polar surface area (TPSA) is 73.9 Å². The zero-order chi connectivity index (χ0) is 15.6. The summed E-state index contributed by atoms with van der Waals surface area (Å²) in [6.45, 7) is 1.56. The van der Waals surface area contributed by atoms with Gasteiger partial charge in [0, 0.05) is 17.3 Å². The Morgan fingerprint density at radius 3 is 2.43 bits per heavy atom. The van der Waals surface area contributed by atoms with Gasteiger partial charge in [-0.15, -0.1) is 0 Å². The number of hydrogen-bond acceptors (Lipinski definition) is 5. The van der Waals surface area contributed by atoms with Gasteiger partial charge < -0.3 is 14.2 Å². The van der Waals surface area contributed by atoms with E-state index in [-0.39, 0.29) is 10.0 Å². The normalized spacial score (nSPS) is 17.0. The second-order valence-electron chi connectivity index (χ2n) is 4.13. The predicted octanol–water partition coefficient (Wildman–Crippen LogP) is 3.38. The van der Waals surface area contributed by atoms with Gasteiger partial charge in [0.1, 0.15) is 0 Å². The maximum atomic E-state index is 11.7. The van der Waals surface area contributed by atoms with E-state index in [2.05, 4.69) is 5.32 Å². The lowest BCUT2D eigenvalue weighted by atomic mass is 10.3. The zero-order valence-electron chi connectivity index (χ0n) is 11.1. The van der Waals surface area contributed by atoms with E-state index in [9.17, 15) is 9.59 Å². The number of hydrogen-bond donors (Lipinski definition) is 1. The third-order valence-corrected chi connectivity index (χ3v) is 3.16. The van der Waals surface area contributed by atoms with Gasteiger partial charge in [-0.05, 0) is 19.1 Å². The van der Waals surface area contributed by atoms with E-state index in [0.29, 0.717) is 17.0 Å². The highest BCUT2D eigenvalue weighted by Crippen LogP contribution is 2.35. The molecule has 6 nitrogen and oxygen atoms in total. The first-order chi connectivity index (χ1) is 9.90. The molecule has 112 valence electrons. The van der Waals surface area contributed by atoms with Gasteiger partial charge in [0.15, 0.2) is 5.75 Å². The Hall–Kier alpha value is -1.92. The number of methoxy groups -OCH3 is 1. The van der Waals surface area contributed by atoms with Crippen LogP contribution in [0.2, 0.25) is 10.0 Å². The number of anilines is 1. The lowest BCUT2D eigenvalue weighted by Crippen LogP contribution is -2.22. The molecule has 0 saturated heterocycles. The molecule has 0 saturated carbocycles. The van der Waals surface area contributed by atoms with Crippen molar-refractivity contribution in [3.63, 3.8) is 0 Å². The number of cyclic esters (lactones) is 1. The maximum absolute atomic E-state index is 11.7. The van der Waals surface area contributed by atoms with E-state index in [0.717, 1.165) is 0 Å². The molecule has 1 N–H and O–H groups in total. The van der Waals surface area contributed by atoms with Crippen LogP contribution in [-0.2, 0) is 14.3 Å². The van der Waals surface area contributed by atoms with Crippen molar-refractivity contribution >= 4 is 41.0 Å². The first-order valence-electron chi connectivity index (χ1n) is 5.80. The van der Waals surface area contributed by atoms with Gasteiger partial charge in [-0.3, -0.25) is 5.32 Å². The SMILES string of the molecule is COc1c(Cl)cc(NC(=O)OC2C=C(C)C(=O)O2)cc1Cl. The van der Waals surface area contributed by atoms with Gasteiger partial charge in [-0.25, -0.2) is 9.59 Å². The second kappa shape index (κ2) is 6.24. The number of ether oxygens (including phenoxy) is 3. The molecule has 0 spiro atoms. The van der Waals surface area contributed by atoms with Crippen LogP contribution in [0.1, 0.15) is 6.92 Å². The molecule has 0 radical (unpaired) electrons. The molecule has 1 amide bonds. The van der Waals surface area contributed by atoms with Gasteiger partial charge in [0.05, 0.1) is 17.2 Å². The van der Waals surface area contributed by atoms with Gasteiger partial charge in [-0.2, -0.15) is 0 Å². The summed E-state index contributed by atoms with van der Waals surface area (Å²) in [6, 6.07) is 2.91. The average molecular weight is 332 g/mol. The number of carbonyl (C=O) groups is 2. The number of halogens is 2. The largest absolute Gasteiger partial charge is 0.494 e. The summed E-state index contributed by atoms with van der Waals surface area (Å²) in [4.78, 5) is 22.8. The number of amides is 1.